The van der Waals surface area contributed by atoms with Gasteiger partial charge in [0.15, 0.2) is 0 Å². The van der Waals surface area contributed by atoms with Crippen LogP contribution in [-0.2, 0) is 20.5 Å². The fourth-order valence-electron chi connectivity index (χ4n) is 3.85. The van der Waals surface area contributed by atoms with E-state index in [4.69, 9.17) is 22.1 Å². The van der Waals surface area contributed by atoms with E-state index in [2.05, 4.69) is 10.3 Å². The summed E-state index contributed by atoms with van der Waals surface area (Å²) in [7, 11) is 0. The molecule has 1 amide bonds. The molecule has 3 N–H and O–H groups in total. The topological polar surface area (TPSA) is 97.5 Å². The summed E-state index contributed by atoms with van der Waals surface area (Å²) in [5.41, 5.74) is 5.91. The number of carbonyl (C=O) groups excluding carboxylic acids is 2. The van der Waals surface area contributed by atoms with Gasteiger partial charge in [0, 0.05) is 24.6 Å². The number of benzene rings is 1. The number of anilines is 3. The van der Waals surface area contributed by atoms with E-state index in [1.807, 2.05) is 6.92 Å². The van der Waals surface area contributed by atoms with Gasteiger partial charge in [-0.3, -0.25) is 9.69 Å². The molecule has 1 aliphatic heterocycles. The summed E-state index contributed by atoms with van der Waals surface area (Å²) < 4.78 is 45.6. The van der Waals surface area contributed by atoms with Crippen molar-refractivity contribution >= 4 is 40.7 Å². The lowest BCUT2D eigenvalue weighted by Crippen LogP contribution is -2.44. The molecule has 0 spiro atoms. The lowest BCUT2D eigenvalue weighted by molar-refractivity contribution is -0.146. The number of aryl methyl sites for hydroxylation is 1. The predicted octanol–water partition coefficient (Wildman–Crippen LogP) is 4.82. The second kappa shape index (κ2) is 10.5. The minimum atomic E-state index is -4.63. The van der Waals surface area contributed by atoms with Gasteiger partial charge in [-0.15, -0.1) is 0 Å². The number of ether oxygens (including phenoxy) is 1. The van der Waals surface area contributed by atoms with Gasteiger partial charge < -0.3 is 15.8 Å². The highest BCUT2D eigenvalue weighted by Gasteiger charge is 2.47. The van der Waals surface area contributed by atoms with Gasteiger partial charge in [-0.1, -0.05) is 31.0 Å². The second-order valence-corrected chi connectivity index (χ2v) is 8.54. The van der Waals surface area contributed by atoms with Crippen molar-refractivity contribution in [3.63, 3.8) is 0 Å². The lowest BCUT2D eigenvalue weighted by Gasteiger charge is -2.27. The number of nitrogens with two attached hydrogens (primary N) is 1. The van der Waals surface area contributed by atoms with E-state index in [0.717, 1.165) is 23.5 Å². The van der Waals surface area contributed by atoms with Crippen molar-refractivity contribution in [2.45, 2.75) is 45.3 Å². The van der Waals surface area contributed by atoms with Gasteiger partial charge in [0.05, 0.1) is 28.6 Å². The minimum absolute atomic E-state index is 0.0705. The van der Waals surface area contributed by atoms with Gasteiger partial charge in [0.2, 0.25) is 5.91 Å². The number of halogens is 4. The average Bonchev–Trinajstić information content (AvgIpc) is 3.08. The van der Waals surface area contributed by atoms with Crippen LogP contribution in [0, 0.1) is 12.8 Å². The molecule has 1 aliphatic rings. The molecule has 3 rings (SSSR count). The number of aromatic nitrogens is 1. The van der Waals surface area contributed by atoms with E-state index >= 15 is 0 Å². The molecular formula is C23H26ClF3N4O3. The number of carbonyl (C=O) groups is 2. The number of unbranched alkanes of at least 4 members (excludes halogenated alkanes) is 1. The SMILES string of the molecule is CCCCOC(=O)[C@@H]1[C@@H](CNc2c(N)cccc2Cl)CC(=O)N1c1cc(C(F)(F)F)cc(C)n1. The maximum Gasteiger partial charge on any atom is 0.416 e. The van der Waals surface area contributed by atoms with Crippen molar-refractivity contribution in [3.8, 4) is 0 Å². The van der Waals surface area contributed by atoms with E-state index in [1.165, 1.54) is 6.92 Å². The third-order valence-electron chi connectivity index (χ3n) is 5.51. The van der Waals surface area contributed by atoms with Crippen LogP contribution >= 0.6 is 11.6 Å². The van der Waals surface area contributed by atoms with Crippen LogP contribution < -0.4 is 16.0 Å². The first-order valence-corrected chi connectivity index (χ1v) is 11.2. The molecule has 2 atom stereocenters. The minimum Gasteiger partial charge on any atom is -0.464 e. The number of pyridine rings is 1. The van der Waals surface area contributed by atoms with Crippen LogP contribution in [0.2, 0.25) is 5.02 Å². The Labute approximate surface area is 200 Å². The first-order valence-electron chi connectivity index (χ1n) is 10.8. The molecule has 0 bridgehead atoms. The first kappa shape index (κ1) is 25.6. The van der Waals surface area contributed by atoms with E-state index in [9.17, 15) is 22.8 Å². The summed E-state index contributed by atoms with van der Waals surface area (Å²) in [6.45, 7) is 3.57. The van der Waals surface area contributed by atoms with Gasteiger partial charge in [0.25, 0.3) is 0 Å². The van der Waals surface area contributed by atoms with Gasteiger partial charge in [-0.25, -0.2) is 9.78 Å². The smallest absolute Gasteiger partial charge is 0.416 e. The second-order valence-electron chi connectivity index (χ2n) is 8.13. The van der Waals surface area contributed by atoms with E-state index in [0.29, 0.717) is 22.8 Å². The molecule has 11 heteroatoms. The van der Waals surface area contributed by atoms with Crippen molar-refractivity contribution in [2.75, 3.05) is 29.1 Å². The Hall–Kier alpha value is -3.01. The average molecular weight is 499 g/mol. The molecule has 1 saturated heterocycles. The fraction of sp³-hybridized carbons (Fsp3) is 0.435. The number of hydrogen-bond acceptors (Lipinski definition) is 6. The molecule has 1 aromatic carbocycles. The Bertz CT molecular complexity index is 1040. The van der Waals surface area contributed by atoms with Crippen molar-refractivity contribution in [1.82, 2.24) is 4.98 Å². The maximum absolute atomic E-state index is 13.4. The van der Waals surface area contributed by atoms with Crippen molar-refractivity contribution in [2.24, 2.45) is 5.92 Å². The fourth-order valence-corrected chi connectivity index (χ4v) is 4.10. The number of rotatable bonds is 8. The molecule has 34 heavy (non-hydrogen) atoms. The highest BCUT2D eigenvalue weighted by atomic mass is 35.5. The number of amides is 1. The molecule has 0 unspecified atom stereocenters. The molecule has 0 radical (unpaired) electrons. The van der Waals surface area contributed by atoms with Gasteiger partial charge in [-0.2, -0.15) is 13.2 Å². The van der Waals surface area contributed by atoms with Gasteiger partial charge >= 0.3 is 12.1 Å². The summed E-state index contributed by atoms with van der Waals surface area (Å²) >= 11 is 6.20. The van der Waals surface area contributed by atoms with Crippen LogP contribution in [-0.4, -0.2) is 36.1 Å². The van der Waals surface area contributed by atoms with Crippen molar-refractivity contribution < 1.29 is 27.5 Å². The van der Waals surface area contributed by atoms with Crippen LogP contribution in [0.25, 0.3) is 0 Å². The molecule has 0 aliphatic carbocycles. The van der Waals surface area contributed by atoms with Crippen molar-refractivity contribution in [1.29, 1.82) is 0 Å². The normalized spacial score (nSPS) is 18.3. The third-order valence-corrected chi connectivity index (χ3v) is 5.83. The largest absolute Gasteiger partial charge is 0.464 e. The monoisotopic (exact) mass is 498 g/mol. The zero-order valence-corrected chi connectivity index (χ0v) is 19.5. The van der Waals surface area contributed by atoms with E-state index < -0.39 is 35.6 Å². The quantitative estimate of drug-likeness (QED) is 0.307. The molecule has 184 valence electrons. The molecule has 2 aromatic rings. The third kappa shape index (κ3) is 5.72. The Morgan fingerprint density at radius 2 is 2.09 bits per heavy atom. The Kier molecular flexibility index (Phi) is 7.91. The number of nitrogens with zero attached hydrogens (tertiary/aromatic N) is 2. The number of nitrogen functional groups attached to an aromatic ring is 1. The number of para-hydroxylation sites is 1. The van der Waals surface area contributed by atoms with E-state index in [-0.39, 0.29) is 31.1 Å². The summed E-state index contributed by atoms with van der Waals surface area (Å²) in [5, 5.41) is 3.43. The molecule has 1 aromatic heterocycles. The Morgan fingerprint density at radius 1 is 1.35 bits per heavy atom. The molecule has 0 saturated carbocycles. The summed E-state index contributed by atoms with van der Waals surface area (Å²) in [5.74, 6) is -2.08. The van der Waals surface area contributed by atoms with E-state index in [1.54, 1.807) is 18.2 Å². The molecular weight excluding hydrogens is 473 g/mol. The molecule has 7 nitrogen and oxygen atoms in total. The lowest BCUT2D eigenvalue weighted by atomic mass is 9.99. The predicted molar refractivity (Wildman–Crippen MR) is 124 cm³/mol. The summed E-state index contributed by atoms with van der Waals surface area (Å²) in [4.78, 5) is 31.1. The zero-order chi connectivity index (χ0) is 25.0. The molecule has 2 heterocycles. The van der Waals surface area contributed by atoms with Crippen LogP contribution in [0.15, 0.2) is 30.3 Å². The number of esters is 1. The maximum atomic E-state index is 13.4. The van der Waals surface area contributed by atoms with Crippen LogP contribution in [0.1, 0.15) is 37.4 Å². The highest BCUT2D eigenvalue weighted by Crippen LogP contribution is 2.36. The summed E-state index contributed by atoms with van der Waals surface area (Å²) in [6, 6.07) is 5.47. The standard InChI is InChI=1S/C23H26ClF3N4O3/c1-3-4-8-34-22(33)21-14(12-29-20-16(24)6-5-7-17(20)28)10-19(32)31(21)18-11-15(23(25,26)27)9-13(2)30-18/h5-7,9,11,14,21,29H,3-4,8,10,12,28H2,1-2H3/t14-,21+/m1/s1. The number of alkyl halides is 3. The van der Waals surface area contributed by atoms with Crippen LogP contribution in [0.5, 0.6) is 0 Å². The number of nitrogens with one attached hydrogen (secondary N) is 1. The Morgan fingerprint density at radius 3 is 2.74 bits per heavy atom. The van der Waals surface area contributed by atoms with Gasteiger partial charge in [0.1, 0.15) is 11.9 Å². The summed E-state index contributed by atoms with van der Waals surface area (Å²) in [6.07, 6.45) is -3.33. The van der Waals surface area contributed by atoms with Crippen molar-refractivity contribution in [3.05, 3.63) is 46.6 Å². The Balaban J connectivity index is 1.94. The first-order chi connectivity index (χ1) is 16.0. The van der Waals surface area contributed by atoms with Crippen LogP contribution in [0.3, 0.4) is 0 Å². The van der Waals surface area contributed by atoms with Gasteiger partial charge in [-0.05, 0) is 37.6 Å². The molecule has 1 fully saturated rings. The zero-order valence-electron chi connectivity index (χ0n) is 18.8. The highest BCUT2D eigenvalue weighted by molar-refractivity contribution is 6.33. The van der Waals surface area contributed by atoms with Crippen LogP contribution in [0.4, 0.5) is 30.4 Å². The number of hydrogen-bond donors (Lipinski definition) is 2.